The molecule has 0 unspecified atom stereocenters. The molecule has 0 saturated carbocycles. The minimum Gasteiger partial charge on any atom is -0.364 e. The molecule has 4 heteroatoms. The Balaban J connectivity index is 2.30. The molecule has 0 aliphatic rings. The minimum atomic E-state index is 0.0813. The molecule has 0 saturated heterocycles. The van der Waals surface area contributed by atoms with Crippen molar-refractivity contribution in [3.8, 4) is 0 Å². The van der Waals surface area contributed by atoms with Crippen LogP contribution in [-0.4, -0.2) is 11.8 Å². The number of carbonyl (C=O) groups excluding carboxylic acids is 1. The Hall–Kier alpha value is -1.13. The Morgan fingerprint density at radius 1 is 1.35 bits per heavy atom. The van der Waals surface area contributed by atoms with Crippen LogP contribution in [0.5, 0.6) is 0 Å². The van der Waals surface area contributed by atoms with E-state index in [0.29, 0.717) is 6.04 Å². The number of anilines is 1. The zero-order valence-corrected chi connectivity index (χ0v) is 14.3. The second kappa shape index (κ2) is 6.55. The lowest BCUT2D eigenvalue weighted by Crippen LogP contribution is -2.29. The molecule has 1 aromatic carbocycles. The Morgan fingerprint density at radius 2 is 2.10 bits per heavy atom. The maximum Gasteiger partial charge on any atom is 0.160 e. The van der Waals surface area contributed by atoms with Crippen LogP contribution in [0.3, 0.4) is 0 Å². The smallest absolute Gasteiger partial charge is 0.160 e. The molecule has 0 spiro atoms. The van der Waals surface area contributed by atoms with Gasteiger partial charge in [0.15, 0.2) is 5.78 Å². The topological polar surface area (TPSA) is 20.3 Å². The van der Waals surface area contributed by atoms with Gasteiger partial charge in [0.05, 0.1) is 6.54 Å². The SMILES string of the molecule is CC(=O)c1ccc(N(Cc2cccs2)C(C)C)cc1Br. The van der Waals surface area contributed by atoms with Gasteiger partial charge in [-0.2, -0.15) is 0 Å². The Kier molecular flexibility index (Phi) is 5.00. The molecule has 2 aromatic rings. The number of hydrogen-bond donors (Lipinski definition) is 0. The number of thiophene rings is 1. The van der Waals surface area contributed by atoms with Gasteiger partial charge in [-0.05, 0) is 66.3 Å². The first-order chi connectivity index (χ1) is 9.49. The van der Waals surface area contributed by atoms with Gasteiger partial charge in [0, 0.05) is 26.6 Å². The molecule has 0 amide bonds. The molecule has 1 heterocycles. The number of nitrogens with zero attached hydrogens (tertiary/aromatic N) is 1. The van der Waals surface area contributed by atoms with Gasteiger partial charge in [0.25, 0.3) is 0 Å². The molecular formula is C16H18BrNOS. The number of Topliss-reactive ketones (excluding diaryl/α,β-unsaturated/α-hetero) is 1. The Bertz CT molecular complexity index is 593. The van der Waals surface area contributed by atoms with E-state index in [1.54, 1.807) is 18.3 Å². The van der Waals surface area contributed by atoms with Gasteiger partial charge < -0.3 is 4.90 Å². The molecule has 2 rings (SSSR count). The molecule has 0 fully saturated rings. The summed E-state index contributed by atoms with van der Waals surface area (Å²) in [5, 5.41) is 2.10. The van der Waals surface area contributed by atoms with E-state index >= 15 is 0 Å². The number of carbonyl (C=O) groups is 1. The third-order valence-corrected chi connectivity index (χ3v) is 4.71. The van der Waals surface area contributed by atoms with Crippen molar-refractivity contribution in [3.05, 3.63) is 50.6 Å². The Labute approximate surface area is 132 Å². The van der Waals surface area contributed by atoms with Crippen molar-refractivity contribution in [2.24, 2.45) is 0 Å². The van der Waals surface area contributed by atoms with Crippen LogP contribution in [-0.2, 0) is 6.54 Å². The van der Waals surface area contributed by atoms with Gasteiger partial charge >= 0.3 is 0 Å². The highest BCUT2D eigenvalue weighted by molar-refractivity contribution is 9.10. The van der Waals surface area contributed by atoms with E-state index in [0.717, 1.165) is 22.3 Å². The summed E-state index contributed by atoms with van der Waals surface area (Å²) >= 11 is 5.27. The fourth-order valence-corrected chi connectivity index (χ4v) is 3.46. The van der Waals surface area contributed by atoms with Crippen LogP contribution in [0, 0.1) is 0 Å². The van der Waals surface area contributed by atoms with Crippen molar-refractivity contribution in [1.82, 2.24) is 0 Å². The molecule has 0 N–H and O–H groups in total. The maximum absolute atomic E-state index is 11.5. The zero-order valence-electron chi connectivity index (χ0n) is 11.9. The molecule has 0 bridgehead atoms. The molecule has 106 valence electrons. The van der Waals surface area contributed by atoms with Crippen LogP contribution in [0.4, 0.5) is 5.69 Å². The number of rotatable bonds is 5. The van der Waals surface area contributed by atoms with Gasteiger partial charge in [-0.3, -0.25) is 4.79 Å². The fraction of sp³-hybridized carbons (Fsp3) is 0.312. The first-order valence-corrected chi connectivity index (χ1v) is 8.26. The van der Waals surface area contributed by atoms with Crippen LogP contribution < -0.4 is 4.90 Å². The maximum atomic E-state index is 11.5. The second-order valence-corrected chi connectivity index (χ2v) is 6.91. The molecule has 1 aromatic heterocycles. The summed E-state index contributed by atoms with van der Waals surface area (Å²) in [7, 11) is 0. The average molecular weight is 352 g/mol. The lowest BCUT2D eigenvalue weighted by atomic mass is 10.1. The van der Waals surface area contributed by atoms with E-state index in [2.05, 4.69) is 52.2 Å². The summed E-state index contributed by atoms with van der Waals surface area (Å²) in [5.41, 5.74) is 1.86. The minimum absolute atomic E-state index is 0.0813. The Morgan fingerprint density at radius 3 is 2.60 bits per heavy atom. The fourth-order valence-electron chi connectivity index (χ4n) is 2.11. The van der Waals surface area contributed by atoms with E-state index in [1.165, 1.54) is 4.88 Å². The zero-order chi connectivity index (χ0) is 14.7. The lowest BCUT2D eigenvalue weighted by molar-refractivity contribution is 0.101. The lowest BCUT2D eigenvalue weighted by Gasteiger charge is -2.29. The highest BCUT2D eigenvalue weighted by Crippen LogP contribution is 2.27. The highest BCUT2D eigenvalue weighted by Gasteiger charge is 2.14. The summed E-state index contributed by atoms with van der Waals surface area (Å²) < 4.78 is 0.860. The van der Waals surface area contributed by atoms with Crippen LogP contribution in [0.2, 0.25) is 0 Å². The van der Waals surface area contributed by atoms with Crippen molar-refractivity contribution in [3.63, 3.8) is 0 Å². The number of halogens is 1. The predicted octanol–water partition coefficient (Wildman–Crippen LogP) is 5.13. The predicted molar refractivity (Wildman–Crippen MR) is 89.8 cm³/mol. The van der Waals surface area contributed by atoms with Crippen molar-refractivity contribution >= 4 is 38.7 Å². The van der Waals surface area contributed by atoms with E-state index in [1.807, 2.05) is 18.2 Å². The van der Waals surface area contributed by atoms with Gasteiger partial charge in [-0.1, -0.05) is 6.07 Å². The van der Waals surface area contributed by atoms with Gasteiger partial charge in [0.1, 0.15) is 0 Å². The van der Waals surface area contributed by atoms with Crippen molar-refractivity contribution in [2.75, 3.05) is 4.90 Å². The van der Waals surface area contributed by atoms with E-state index < -0.39 is 0 Å². The molecular weight excluding hydrogens is 334 g/mol. The van der Waals surface area contributed by atoms with Crippen LogP contribution >= 0.6 is 27.3 Å². The van der Waals surface area contributed by atoms with Gasteiger partial charge in [-0.25, -0.2) is 0 Å². The third kappa shape index (κ3) is 3.49. The first-order valence-electron chi connectivity index (χ1n) is 6.58. The monoisotopic (exact) mass is 351 g/mol. The molecule has 2 nitrogen and oxygen atoms in total. The van der Waals surface area contributed by atoms with Crippen molar-refractivity contribution < 1.29 is 4.79 Å². The molecule has 20 heavy (non-hydrogen) atoms. The standard InChI is InChI=1S/C16H18BrNOS/c1-11(2)18(10-14-5-4-8-20-14)13-6-7-15(12(3)19)16(17)9-13/h4-9,11H,10H2,1-3H3. The molecule has 0 aliphatic carbocycles. The summed E-state index contributed by atoms with van der Waals surface area (Å²) in [6.07, 6.45) is 0. The summed E-state index contributed by atoms with van der Waals surface area (Å²) in [6.45, 7) is 6.84. The van der Waals surface area contributed by atoms with E-state index in [-0.39, 0.29) is 5.78 Å². The number of hydrogen-bond acceptors (Lipinski definition) is 3. The molecule has 0 aliphatic heterocycles. The van der Waals surface area contributed by atoms with Crippen LogP contribution in [0.25, 0.3) is 0 Å². The summed E-state index contributed by atoms with van der Waals surface area (Å²) in [6, 6.07) is 10.6. The van der Waals surface area contributed by atoms with Crippen molar-refractivity contribution in [2.45, 2.75) is 33.4 Å². The third-order valence-electron chi connectivity index (χ3n) is 3.19. The van der Waals surface area contributed by atoms with E-state index in [4.69, 9.17) is 0 Å². The van der Waals surface area contributed by atoms with Crippen LogP contribution in [0.1, 0.15) is 36.0 Å². The quantitative estimate of drug-likeness (QED) is 0.696. The summed E-state index contributed by atoms with van der Waals surface area (Å²) in [4.78, 5) is 15.2. The molecule has 0 radical (unpaired) electrons. The largest absolute Gasteiger partial charge is 0.364 e. The highest BCUT2D eigenvalue weighted by atomic mass is 79.9. The summed E-state index contributed by atoms with van der Waals surface area (Å²) in [5.74, 6) is 0.0813. The molecule has 0 atom stereocenters. The normalized spacial score (nSPS) is 10.8. The number of benzene rings is 1. The second-order valence-electron chi connectivity index (χ2n) is 5.02. The van der Waals surface area contributed by atoms with Gasteiger partial charge in [0.2, 0.25) is 0 Å². The van der Waals surface area contributed by atoms with Crippen LogP contribution in [0.15, 0.2) is 40.2 Å². The van der Waals surface area contributed by atoms with E-state index in [9.17, 15) is 4.79 Å². The first kappa shape index (κ1) is 15.3. The number of ketones is 1. The van der Waals surface area contributed by atoms with Crippen molar-refractivity contribution in [1.29, 1.82) is 0 Å². The van der Waals surface area contributed by atoms with Gasteiger partial charge in [-0.15, -0.1) is 11.3 Å². The average Bonchev–Trinajstić information content (AvgIpc) is 2.87.